The van der Waals surface area contributed by atoms with Gasteiger partial charge in [-0.3, -0.25) is 4.79 Å². The smallest absolute Gasteiger partial charge is 0.258 e. The minimum Gasteiger partial charge on any atom is -0.332 e. The van der Waals surface area contributed by atoms with Crippen molar-refractivity contribution in [2.75, 3.05) is 0 Å². The number of fused-ring (bicyclic) bond motifs is 1. The van der Waals surface area contributed by atoms with Crippen molar-refractivity contribution >= 4 is 11.1 Å². The number of nitrogens with zero attached hydrogens (tertiary/aromatic N) is 2. The molecule has 0 unspecified atom stereocenters. The molecule has 0 saturated heterocycles. The highest BCUT2D eigenvalue weighted by molar-refractivity contribution is 5.86. The van der Waals surface area contributed by atoms with E-state index in [1.165, 1.54) is 0 Å². The Morgan fingerprint density at radius 3 is 2.71 bits per heavy atom. The van der Waals surface area contributed by atoms with Crippen molar-refractivity contribution < 1.29 is 4.52 Å². The van der Waals surface area contributed by atoms with E-state index in [1.54, 1.807) is 0 Å². The summed E-state index contributed by atoms with van der Waals surface area (Å²) in [6, 6.07) is 0. The molecular formula is C3N2O2. The van der Waals surface area contributed by atoms with E-state index in [2.05, 4.69) is 14.9 Å². The van der Waals surface area contributed by atoms with Crippen molar-refractivity contribution in [3.8, 4) is 0 Å². The van der Waals surface area contributed by atoms with Crippen LogP contribution in [-0.2, 0) is 0 Å². The lowest BCUT2D eigenvalue weighted by Crippen LogP contribution is -1.76. The molecule has 2 aromatic rings. The van der Waals surface area contributed by atoms with Gasteiger partial charge in [0, 0.05) is 5.27 Å². The summed E-state index contributed by atoms with van der Waals surface area (Å²) in [6.07, 6.45) is 0. The molecule has 1 heterocycles. The predicted molar refractivity (Wildman–Crippen MR) is 20.4 cm³/mol. The van der Waals surface area contributed by atoms with Gasteiger partial charge in [-0.05, 0) is 0 Å². The maximum Gasteiger partial charge on any atom is 0.258 e. The molecule has 0 spiro atoms. The first kappa shape index (κ1) is 2.90. The van der Waals surface area contributed by atoms with Gasteiger partial charge in [-0.1, -0.05) is 0 Å². The lowest BCUT2D eigenvalue weighted by atomic mass is 11.0. The van der Waals surface area contributed by atoms with Crippen molar-refractivity contribution in [2.45, 2.75) is 0 Å². The third-order valence-corrected chi connectivity index (χ3v) is 0.847. The van der Waals surface area contributed by atoms with Crippen molar-refractivity contribution in [3.63, 3.8) is 0 Å². The minimum absolute atomic E-state index is 0.102. The Bertz CT molecular complexity index is 274. The largest absolute Gasteiger partial charge is 0.332 e. The Hall–Kier alpha value is -1.19. The molecule has 0 bridgehead atoms. The number of rotatable bonds is 0. The lowest BCUT2D eigenvalue weighted by molar-refractivity contribution is 0.422. The molecular weight excluding hydrogens is 96.0 g/mol. The third kappa shape index (κ3) is 0.173. The Morgan fingerprint density at radius 2 is 2.43 bits per heavy atom. The monoisotopic (exact) mass is 96.0 g/mol. The number of hydrogen-bond donors (Lipinski definition) is 0. The summed E-state index contributed by atoms with van der Waals surface area (Å²) in [5.74, 6) is 0. The highest BCUT2D eigenvalue weighted by atomic mass is 16.5. The first-order valence-corrected chi connectivity index (χ1v) is 1.76. The van der Waals surface area contributed by atoms with E-state index in [0.29, 0.717) is 11.1 Å². The first-order chi connectivity index (χ1) is 3.39. The van der Waals surface area contributed by atoms with E-state index in [4.69, 9.17) is 0 Å². The average molecular weight is 96.0 g/mol. The lowest BCUT2D eigenvalue weighted by Gasteiger charge is -1.52. The van der Waals surface area contributed by atoms with E-state index >= 15 is 0 Å². The maximum atomic E-state index is 10.1. The normalized spacial score (nSPS) is 11.4. The summed E-state index contributed by atoms with van der Waals surface area (Å²) in [5, 5.41) is 6.42. The molecule has 2 rings (SSSR count). The molecule has 0 fully saturated rings. The average Bonchev–Trinajstić information content (AvgIpc) is 2.26. The second-order valence-electron chi connectivity index (χ2n) is 1.28. The van der Waals surface area contributed by atoms with Crippen LogP contribution >= 0.6 is 0 Å². The summed E-state index contributed by atoms with van der Waals surface area (Å²) in [4.78, 5) is 10.1. The standard InChI is InChI=1S/C3N2O2/c6-2-1-3(2)7-5-4-1. The van der Waals surface area contributed by atoms with Crippen LogP contribution in [0, 0.1) is 0 Å². The van der Waals surface area contributed by atoms with E-state index in [0.717, 1.165) is 0 Å². The molecule has 4 heteroatoms. The van der Waals surface area contributed by atoms with Gasteiger partial charge in [0.25, 0.3) is 5.43 Å². The molecule has 4 nitrogen and oxygen atoms in total. The Balaban J connectivity index is 3.18. The van der Waals surface area contributed by atoms with Gasteiger partial charge in [-0.25, -0.2) is 0 Å². The fourth-order valence-electron chi connectivity index (χ4n) is 0.423. The minimum atomic E-state index is -0.102. The van der Waals surface area contributed by atoms with Gasteiger partial charge in [-0.15, -0.1) is 5.10 Å². The predicted octanol–water partition coefficient (Wildman–Crippen LogP) is -0.541. The van der Waals surface area contributed by atoms with Crippen LogP contribution in [0.1, 0.15) is 0 Å². The SMILES string of the molecule is O=c1c2nnoc12. The van der Waals surface area contributed by atoms with Crippen molar-refractivity contribution in [1.29, 1.82) is 0 Å². The molecule has 0 aliphatic heterocycles. The number of aromatic nitrogens is 2. The van der Waals surface area contributed by atoms with Crippen LogP contribution in [0.2, 0.25) is 0 Å². The van der Waals surface area contributed by atoms with Crippen LogP contribution in [0.4, 0.5) is 0 Å². The fourth-order valence-corrected chi connectivity index (χ4v) is 0.423. The number of hydrogen-bond acceptors (Lipinski definition) is 4. The van der Waals surface area contributed by atoms with Gasteiger partial charge in [0.1, 0.15) is 0 Å². The van der Waals surface area contributed by atoms with Crippen molar-refractivity contribution in [3.05, 3.63) is 10.2 Å². The third-order valence-electron chi connectivity index (χ3n) is 0.847. The summed E-state index contributed by atoms with van der Waals surface area (Å²) in [7, 11) is 0. The molecule has 0 radical (unpaired) electrons. The molecule has 34 valence electrons. The van der Waals surface area contributed by atoms with Crippen molar-refractivity contribution in [2.24, 2.45) is 0 Å². The van der Waals surface area contributed by atoms with E-state index in [1.807, 2.05) is 0 Å². The Morgan fingerprint density at radius 1 is 1.57 bits per heavy atom. The van der Waals surface area contributed by atoms with Gasteiger partial charge >= 0.3 is 0 Å². The van der Waals surface area contributed by atoms with Gasteiger partial charge in [0.05, 0.1) is 0 Å². The zero-order chi connectivity index (χ0) is 4.85. The topological polar surface area (TPSA) is 56.0 Å². The zero-order valence-electron chi connectivity index (χ0n) is 3.21. The van der Waals surface area contributed by atoms with Crippen molar-refractivity contribution in [1.82, 2.24) is 10.4 Å². The molecule has 0 aliphatic carbocycles. The van der Waals surface area contributed by atoms with Crippen LogP contribution in [0.15, 0.2) is 9.32 Å². The molecule has 0 N–H and O–H groups in total. The van der Waals surface area contributed by atoms with Gasteiger partial charge in [0.2, 0.25) is 5.58 Å². The summed E-state index contributed by atoms with van der Waals surface area (Å²) in [5.41, 5.74) is 0.606. The summed E-state index contributed by atoms with van der Waals surface area (Å²) >= 11 is 0. The highest BCUT2D eigenvalue weighted by Crippen LogP contribution is 2.06. The van der Waals surface area contributed by atoms with Crippen LogP contribution in [-0.4, -0.2) is 10.4 Å². The van der Waals surface area contributed by atoms with Crippen LogP contribution in [0.5, 0.6) is 0 Å². The van der Waals surface area contributed by atoms with Gasteiger partial charge in [-0.2, -0.15) is 0 Å². The maximum absolute atomic E-state index is 10.1. The second kappa shape index (κ2) is 0.598. The van der Waals surface area contributed by atoms with Crippen LogP contribution in [0.25, 0.3) is 11.1 Å². The Kier molecular flexibility index (Phi) is 0.247. The van der Waals surface area contributed by atoms with E-state index in [-0.39, 0.29) is 5.43 Å². The molecule has 1 aromatic carbocycles. The van der Waals surface area contributed by atoms with E-state index in [9.17, 15) is 4.79 Å². The zero-order valence-corrected chi connectivity index (χ0v) is 3.21. The quantitative estimate of drug-likeness (QED) is 0.442. The molecule has 1 aromatic heterocycles. The molecule has 7 heavy (non-hydrogen) atoms. The first-order valence-electron chi connectivity index (χ1n) is 1.76. The molecule has 0 atom stereocenters. The summed E-state index contributed by atoms with van der Waals surface area (Å²) in [6.45, 7) is 0. The second-order valence-corrected chi connectivity index (χ2v) is 1.28. The van der Waals surface area contributed by atoms with Gasteiger partial charge in [0.15, 0.2) is 5.52 Å². The summed E-state index contributed by atoms with van der Waals surface area (Å²) < 4.78 is 4.33. The van der Waals surface area contributed by atoms with Gasteiger partial charge < -0.3 is 4.52 Å². The van der Waals surface area contributed by atoms with E-state index < -0.39 is 0 Å². The fraction of sp³-hybridized carbons (Fsp3) is 0. The molecule has 0 amide bonds. The molecule has 0 saturated carbocycles. The van der Waals surface area contributed by atoms with Crippen LogP contribution in [0.3, 0.4) is 0 Å². The highest BCUT2D eigenvalue weighted by Gasteiger charge is 2.18. The van der Waals surface area contributed by atoms with Crippen LogP contribution < -0.4 is 5.43 Å². The Labute approximate surface area is 37.4 Å². The molecule has 0 aliphatic rings.